The molecule has 14 heavy (non-hydrogen) atoms. The molecule has 2 N–H and O–H groups in total. The number of halogens is 1. The summed E-state index contributed by atoms with van der Waals surface area (Å²) in [6.07, 6.45) is 0. The molecule has 2 rings (SSSR count). The van der Waals surface area contributed by atoms with E-state index in [1.165, 1.54) is 5.39 Å². The maximum Gasteiger partial charge on any atom is 0.488 e. The minimum absolute atomic E-state index is 0.601. The van der Waals surface area contributed by atoms with Crippen molar-refractivity contribution in [2.24, 2.45) is 0 Å². The number of rotatable bonds is 1. The molecule has 2 aromatic rings. The molecule has 0 saturated carbocycles. The third-order valence-corrected chi connectivity index (χ3v) is 4.51. The van der Waals surface area contributed by atoms with Gasteiger partial charge in [-0.1, -0.05) is 0 Å². The molecule has 1 aromatic heterocycles. The van der Waals surface area contributed by atoms with Crippen LogP contribution < -0.4 is 5.46 Å². The molecule has 0 amide bonds. The maximum absolute atomic E-state index is 9.18. The smallest absolute Gasteiger partial charge is 0.423 e. The van der Waals surface area contributed by atoms with Gasteiger partial charge >= 0.3 is 7.12 Å². The Labute approximate surface area is 99.9 Å². The molecule has 0 aliphatic heterocycles. The Morgan fingerprint density at radius 1 is 1.43 bits per heavy atom. The van der Waals surface area contributed by atoms with Gasteiger partial charge in [0.1, 0.15) is 0 Å². The molecule has 5 heteroatoms. The molecule has 0 bridgehead atoms. The van der Waals surface area contributed by atoms with E-state index in [2.05, 4.69) is 28.7 Å². The van der Waals surface area contributed by atoms with Crippen molar-refractivity contribution in [3.05, 3.63) is 26.6 Å². The molecule has 0 aliphatic rings. The summed E-state index contributed by atoms with van der Waals surface area (Å²) in [5.74, 6) is 0. The Kier molecular flexibility index (Phi) is 2.83. The van der Waals surface area contributed by atoms with E-state index in [1.54, 1.807) is 11.3 Å². The zero-order valence-corrected chi connectivity index (χ0v) is 10.5. The fourth-order valence-corrected chi connectivity index (χ4v) is 3.27. The molecule has 0 saturated heterocycles. The van der Waals surface area contributed by atoms with E-state index < -0.39 is 7.12 Å². The molecule has 1 aromatic carbocycles. The molecule has 0 aliphatic carbocycles. The number of thiophene rings is 1. The zero-order chi connectivity index (χ0) is 10.3. The summed E-state index contributed by atoms with van der Waals surface area (Å²) in [5.41, 5.74) is 1.55. The molecule has 0 unspecified atom stereocenters. The Hall–Kier alpha value is -0.105. The van der Waals surface area contributed by atoms with Gasteiger partial charge in [-0.2, -0.15) is 0 Å². The normalized spacial score (nSPS) is 10.9. The predicted octanol–water partition coefficient (Wildman–Crippen LogP) is 1.49. The summed E-state index contributed by atoms with van der Waals surface area (Å²) < 4.78 is 2.20. The number of fused-ring (bicyclic) bond motifs is 1. The summed E-state index contributed by atoms with van der Waals surface area (Å²) in [4.78, 5) is 0. The maximum atomic E-state index is 9.18. The number of hydrogen-bond acceptors (Lipinski definition) is 3. The van der Waals surface area contributed by atoms with Crippen LogP contribution in [0.25, 0.3) is 10.1 Å². The summed E-state index contributed by atoms with van der Waals surface area (Å²) in [6.45, 7) is 1.91. The summed E-state index contributed by atoms with van der Waals surface area (Å²) in [5, 5.41) is 21.6. The minimum Gasteiger partial charge on any atom is -0.423 e. The van der Waals surface area contributed by atoms with Crippen molar-refractivity contribution in [1.29, 1.82) is 0 Å². The second-order valence-corrected chi connectivity index (χ2v) is 5.14. The van der Waals surface area contributed by atoms with E-state index >= 15 is 0 Å². The van der Waals surface area contributed by atoms with Gasteiger partial charge in [-0.05, 0) is 58.1 Å². The van der Waals surface area contributed by atoms with E-state index in [9.17, 15) is 10.0 Å². The van der Waals surface area contributed by atoms with Crippen LogP contribution in [-0.4, -0.2) is 17.2 Å². The number of benzene rings is 1. The van der Waals surface area contributed by atoms with Crippen LogP contribution in [0.2, 0.25) is 0 Å². The minimum atomic E-state index is -1.38. The van der Waals surface area contributed by atoms with Gasteiger partial charge in [-0.15, -0.1) is 11.3 Å². The molecule has 72 valence electrons. The van der Waals surface area contributed by atoms with Crippen molar-refractivity contribution in [2.75, 3.05) is 0 Å². The summed E-state index contributed by atoms with van der Waals surface area (Å²) in [6, 6.07) is 3.91. The van der Waals surface area contributed by atoms with Gasteiger partial charge in [0, 0.05) is 13.7 Å². The first-order chi connectivity index (χ1) is 6.61. The first kappa shape index (κ1) is 10.4. The average Bonchev–Trinajstić information content (AvgIpc) is 2.58. The second kappa shape index (κ2) is 3.81. The van der Waals surface area contributed by atoms with Crippen molar-refractivity contribution in [2.45, 2.75) is 6.92 Å². The van der Waals surface area contributed by atoms with Gasteiger partial charge in [0.25, 0.3) is 0 Å². The lowest BCUT2D eigenvalue weighted by Gasteiger charge is -2.07. The van der Waals surface area contributed by atoms with E-state index in [0.29, 0.717) is 5.46 Å². The largest absolute Gasteiger partial charge is 0.488 e. The first-order valence-corrected chi connectivity index (χ1v) is 6.09. The van der Waals surface area contributed by atoms with Crippen LogP contribution in [0.4, 0.5) is 0 Å². The lowest BCUT2D eigenvalue weighted by molar-refractivity contribution is 0.425. The molecular weight excluding hydrogens is 310 g/mol. The summed E-state index contributed by atoms with van der Waals surface area (Å²) >= 11 is 3.86. The highest BCUT2D eigenvalue weighted by Crippen LogP contribution is 2.26. The summed E-state index contributed by atoms with van der Waals surface area (Å²) in [7, 11) is -1.38. The van der Waals surface area contributed by atoms with Crippen LogP contribution in [-0.2, 0) is 0 Å². The Bertz CT molecular complexity index is 481. The van der Waals surface area contributed by atoms with Gasteiger partial charge in [0.2, 0.25) is 0 Å². The van der Waals surface area contributed by atoms with Crippen molar-refractivity contribution < 1.29 is 10.0 Å². The Balaban J connectivity index is 2.80. The Morgan fingerprint density at radius 3 is 2.79 bits per heavy atom. The second-order valence-electron chi connectivity index (χ2n) is 3.11. The van der Waals surface area contributed by atoms with Crippen molar-refractivity contribution in [3.63, 3.8) is 0 Å². The fraction of sp³-hybridized carbons (Fsp3) is 0.111. The van der Waals surface area contributed by atoms with Crippen LogP contribution in [0.15, 0.2) is 17.5 Å². The molecule has 0 spiro atoms. The van der Waals surface area contributed by atoms with E-state index in [1.807, 2.05) is 18.4 Å². The monoisotopic (exact) mass is 318 g/mol. The topological polar surface area (TPSA) is 40.5 Å². The van der Waals surface area contributed by atoms with E-state index in [-0.39, 0.29) is 0 Å². The standard InChI is InChI=1S/C9H8BIO2S/c1-5-7(10(12)13)4-8-6(9(5)11)2-3-14-8/h2-4,12-13H,1H3. The van der Waals surface area contributed by atoms with Crippen molar-refractivity contribution in [3.8, 4) is 0 Å². The first-order valence-electron chi connectivity index (χ1n) is 4.13. The highest BCUT2D eigenvalue weighted by atomic mass is 127. The molecule has 0 fully saturated rings. The van der Waals surface area contributed by atoms with Crippen LogP contribution >= 0.6 is 33.9 Å². The highest BCUT2D eigenvalue weighted by Gasteiger charge is 2.17. The number of hydrogen-bond donors (Lipinski definition) is 2. The predicted molar refractivity (Wildman–Crippen MR) is 69.1 cm³/mol. The molecule has 2 nitrogen and oxygen atoms in total. The zero-order valence-electron chi connectivity index (χ0n) is 7.49. The highest BCUT2D eigenvalue weighted by molar-refractivity contribution is 14.1. The van der Waals surface area contributed by atoms with E-state index in [0.717, 1.165) is 13.8 Å². The van der Waals surface area contributed by atoms with Gasteiger partial charge in [0.05, 0.1) is 0 Å². The third kappa shape index (κ3) is 1.58. The van der Waals surface area contributed by atoms with Crippen LogP contribution in [0.1, 0.15) is 5.56 Å². The SMILES string of the molecule is Cc1c(B(O)O)cc2sccc2c1I. The van der Waals surface area contributed by atoms with Crippen LogP contribution in [0.5, 0.6) is 0 Å². The average molecular weight is 318 g/mol. The lowest BCUT2D eigenvalue weighted by atomic mass is 9.77. The molecule has 1 heterocycles. The van der Waals surface area contributed by atoms with Crippen LogP contribution in [0, 0.1) is 10.5 Å². The lowest BCUT2D eigenvalue weighted by Crippen LogP contribution is -2.32. The fourth-order valence-electron chi connectivity index (χ4n) is 1.46. The molecular formula is C9H8BIO2S. The van der Waals surface area contributed by atoms with Gasteiger partial charge in [0.15, 0.2) is 0 Å². The molecule has 0 atom stereocenters. The van der Waals surface area contributed by atoms with Gasteiger partial charge in [-0.3, -0.25) is 0 Å². The van der Waals surface area contributed by atoms with Gasteiger partial charge < -0.3 is 10.0 Å². The van der Waals surface area contributed by atoms with Crippen molar-refractivity contribution in [1.82, 2.24) is 0 Å². The van der Waals surface area contributed by atoms with Crippen molar-refractivity contribution >= 4 is 56.6 Å². The molecule has 0 radical (unpaired) electrons. The third-order valence-electron chi connectivity index (χ3n) is 2.26. The quantitative estimate of drug-likeness (QED) is 0.618. The van der Waals surface area contributed by atoms with E-state index in [4.69, 9.17) is 0 Å². The van der Waals surface area contributed by atoms with Gasteiger partial charge in [-0.25, -0.2) is 0 Å². The Morgan fingerprint density at radius 2 is 2.14 bits per heavy atom. The van der Waals surface area contributed by atoms with Crippen LogP contribution in [0.3, 0.4) is 0 Å².